The van der Waals surface area contributed by atoms with Gasteiger partial charge in [-0.15, -0.1) is 0 Å². The summed E-state index contributed by atoms with van der Waals surface area (Å²) in [7, 11) is 0. The zero-order valence-corrected chi connectivity index (χ0v) is 20.6. The Bertz CT molecular complexity index is 678. The fraction of sp³-hybridized carbons (Fsp3) is 0.923. The molecule has 178 valence electrons. The molecule has 0 amide bonds. The second-order valence-electron chi connectivity index (χ2n) is 12.1. The number of piperidine rings is 4. The summed E-state index contributed by atoms with van der Waals surface area (Å²) in [5.41, 5.74) is 3.49. The van der Waals surface area contributed by atoms with E-state index in [-0.39, 0.29) is 10.8 Å². The lowest BCUT2D eigenvalue weighted by atomic mass is 9.67. The van der Waals surface area contributed by atoms with Gasteiger partial charge in [0.1, 0.15) is 0 Å². The summed E-state index contributed by atoms with van der Waals surface area (Å²) in [6.07, 6.45) is 7.78. The Morgan fingerprint density at radius 3 is 1.28 bits per heavy atom. The molecule has 0 aromatic carbocycles. The number of nitrogens with zero attached hydrogens (tertiary/aromatic N) is 6. The summed E-state index contributed by atoms with van der Waals surface area (Å²) >= 11 is 0. The van der Waals surface area contributed by atoms with Crippen molar-refractivity contribution in [2.24, 2.45) is 32.9 Å². The third kappa shape index (κ3) is 3.60. The van der Waals surface area contributed by atoms with E-state index in [2.05, 4.69) is 33.4 Å². The highest BCUT2D eigenvalue weighted by atomic mass is 15.3. The minimum absolute atomic E-state index is 0.254. The Kier molecular flexibility index (Phi) is 5.72. The van der Waals surface area contributed by atoms with E-state index in [4.69, 9.17) is 10.2 Å². The van der Waals surface area contributed by atoms with Crippen molar-refractivity contribution < 1.29 is 0 Å². The average molecular weight is 441 g/mol. The molecule has 8 rings (SSSR count). The average Bonchev–Trinajstić information content (AvgIpc) is 3.16. The first-order valence-corrected chi connectivity index (χ1v) is 13.7. The molecule has 0 radical (unpaired) electrons. The van der Waals surface area contributed by atoms with Crippen LogP contribution in [0.25, 0.3) is 0 Å². The van der Waals surface area contributed by atoms with Gasteiger partial charge in [-0.25, -0.2) is 0 Å². The van der Waals surface area contributed by atoms with Crippen molar-refractivity contribution in [3.8, 4) is 0 Å². The van der Waals surface area contributed by atoms with Gasteiger partial charge in [0, 0.05) is 101 Å². The molecule has 0 saturated carbocycles. The monoisotopic (exact) mass is 440 g/mol. The molecule has 8 heterocycles. The summed E-state index contributed by atoms with van der Waals surface area (Å²) < 4.78 is 0. The van der Waals surface area contributed by atoms with Crippen LogP contribution in [-0.4, -0.2) is 110 Å². The lowest BCUT2D eigenvalue weighted by Gasteiger charge is -2.51. The smallest absolute Gasteiger partial charge is 0.0549 e. The standard InChI is InChI=1S/C26H44N6/c1-3-5-7-25-17-29-9-10-30(18-25)14-21(13-29)23(25)27-28-24-22-15-31-11-12-32(16-22)20-26(24,19-31)8-6-4-2/h21-22H,3-20H2,1-2H3/b27-23-,28-24+. The van der Waals surface area contributed by atoms with Gasteiger partial charge in [0.25, 0.3) is 0 Å². The zero-order chi connectivity index (χ0) is 21.8. The van der Waals surface area contributed by atoms with Crippen LogP contribution in [0.15, 0.2) is 10.2 Å². The summed E-state index contributed by atoms with van der Waals surface area (Å²) in [6.45, 7) is 19.4. The van der Waals surface area contributed by atoms with Crippen LogP contribution in [0.1, 0.15) is 52.4 Å². The third-order valence-electron chi connectivity index (χ3n) is 9.63. The topological polar surface area (TPSA) is 37.7 Å². The van der Waals surface area contributed by atoms with Crippen LogP contribution in [0.2, 0.25) is 0 Å². The first kappa shape index (κ1) is 21.7. The molecule has 8 saturated heterocycles. The van der Waals surface area contributed by atoms with Gasteiger partial charge < -0.3 is 19.6 Å². The number of rotatable bonds is 7. The van der Waals surface area contributed by atoms with Crippen molar-refractivity contribution in [3.63, 3.8) is 0 Å². The zero-order valence-electron chi connectivity index (χ0n) is 20.6. The molecule has 0 aliphatic carbocycles. The molecular formula is C26H44N6. The summed E-state index contributed by atoms with van der Waals surface area (Å²) in [4.78, 5) is 11.0. The van der Waals surface area contributed by atoms with Crippen LogP contribution < -0.4 is 0 Å². The Morgan fingerprint density at radius 2 is 0.969 bits per heavy atom. The predicted molar refractivity (Wildman–Crippen MR) is 132 cm³/mol. The molecule has 4 atom stereocenters. The van der Waals surface area contributed by atoms with Gasteiger partial charge in [-0.05, 0) is 12.8 Å². The number of hydrogen-bond donors (Lipinski definition) is 0. The Hall–Kier alpha value is -0.820. The Morgan fingerprint density at radius 1 is 0.625 bits per heavy atom. The van der Waals surface area contributed by atoms with Crippen molar-refractivity contribution in [2.75, 3.05) is 78.5 Å². The number of unbranched alkanes of at least 4 members (excludes halogenated alkanes) is 2. The van der Waals surface area contributed by atoms with E-state index in [1.807, 2.05) is 0 Å². The van der Waals surface area contributed by atoms with Crippen LogP contribution in [0.5, 0.6) is 0 Å². The van der Waals surface area contributed by atoms with Crippen LogP contribution in [0, 0.1) is 22.7 Å². The fourth-order valence-corrected chi connectivity index (χ4v) is 8.30. The van der Waals surface area contributed by atoms with Gasteiger partial charge in [0.15, 0.2) is 0 Å². The first-order chi connectivity index (χ1) is 15.6. The van der Waals surface area contributed by atoms with Gasteiger partial charge >= 0.3 is 0 Å². The number of fused-ring (bicyclic) bond motifs is 2. The van der Waals surface area contributed by atoms with Crippen LogP contribution in [-0.2, 0) is 0 Å². The lowest BCUT2D eigenvalue weighted by Crippen LogP contribution is -2.62. The van der Waals surface area contributed by atoms with E-state index in [1.54, 1.807) is 0 Å². The third-order valence-corrected chi connectivity index (χ3v) is 9.63. The predicted octanol–water partition coefficient (Wildman–Crippen LogP) is 2.66. The maximum absolute atomic E-state index is 5.33. The van der Waals surface area contributed by atoms with Crippen molar-refractivity contribution in [1.82, 2.24) is 19.6 Å². The van der Waals surface area contributed by atoms with E-state index in [0.29, 0.717) is 11.8 Å². The maximum atomic E-state index is 5.33. The molecular weight excluding hydrogens is 396 g/mol. The highest BCUT2D eigenvalue weighted by Gasteiger charge is 2.53. The molecule has 4 unspecified atom stereocenters. The Labute approximate surface area is 195 Å². The van der Waals surface area contributed by atoms with Gasteiger partial charge in [-0.3, -0.25) is 0 Å². The maximum Gasteiger partial charge on any atom is 0.0549 e. The van der Waals surface area contributed by atoms with Gasteiger partial charge in [0.05, 0.1) is 11.4 Å². The highest BCUT2D eigenvalue weighted by molar-refractivity contribution is 5.98. The van der Waals surface area contributed by atoms with Crippen LogP contribution in [0.4, 0.5) is 0 Å². The van der Waals surface area contributed by atoms with Crippen molar-refractivity contribution >= 4 is 11.4 Å². The van der Waals surface area contributed by atoms with E-state index in [1.165, 1.54) is 128 Å². The molecule has 8 fully saturated rings. The van der Waals surface area contributed by atoms with Crippen LogP contribution in [0.3, 0.4) is 0 Å². The second-order valence-corrected chi connectivity index (χ2v) is 12.1. The molecule has 8 aliphatic heterocycles. The SMILES string of the molecule is CCCCC12CN3CCN(CC(C3)/C1=N/N=C1\C3CN4CCN(C3)CC1(CCCC)C4)C2. The Balaban J connectivity index is 1.37. The highest BCUT2D eigenvalue weighted by Crippen LogP contribution is 2.44. The quantitative estimate of drug-likeness (QED) is 0.571. The van der Waals surface area contributed by atoms with Crippen molar-refractivity contribution in [1.29, 1.82) is 0 Å². The molecule has 6 heteroatoms. The fourth-order valence-electron chi connectivity index (χ4n) is 8.30. The first-order valence-electron chi connectivity index (χ1n) is 13.7. The molecule has 0 aromatic heterocycles. The summed E-state index contributed by atoms with van der Waals surface area (Å²) in [5.74, 6) is 1.19. The van der Waals surface area contributed by atoms with Gasteiger partial charge in [0.2, 0.25) is 0 Å². The van der Waals surface area contributed by atoms with E-state index < -0.39 is 0 Å². The van der Waals surface area contributed by atoms with Gasteiger partial charge in [-0.1, -0.05) is 39.5 Å². The van der Waals surface area contributed by atoms with Crippen LogP contribution >= 0.6 is 0 Å². The molecule has 6 nitrogen and oxygen atoms in total. The van der Waals surface area contributed by atoms with E-state index >= 15 is 0 Å². The normalized spacial score (nSPS) is 49.2. The van der Waals surface area contributed by atoms with Crippen molar-refractivity contribution in [2.45, 2.75) is 52.4 Å². The molecule has 0 aromatic rings. The molecule has 0 N–H and O–H groups in total. The second kappa shape index (κ2) is 8.44. The largest absolute Gasteiger partial charge is 0.300 e. The molecule has 32 heavy (non-hydrogen) atoms. The molecule has 8 aliphatic rings. The lowest BCUT2D eigenvalue weighted by molar-refractivity contribution is 0.106. The minimum Gasteiger partial charge on any atom is -0.300 e. The molecule has 8 bridgehead atoms. The van der Waals surface area contributed by atoms with E-state index in [9.17, 15) is 0 Å². The van der Waals surface area contributed by atoms with E-state index in [0.717, 1.165) is 0 Å². The minimum atomic E-state index is 0.254. The summed E-state index contributed by atoms with van der Waals surface area (Å²) in [6, 6.07) is 0. The molecule has 0 spiro atoms. The summed E-state index contributed by atoms with van der Waals surface area (Å²) in [5, 5.41) is 10.7. The van der Waals surface area contributed by atoms with Gasteiger partial charge in [-0.2, -0.15) is 10.2 Å². The van der Waals surface area contributed by atoms with Crippen molar-refractivity contribution in [3.05, 3.63) is 0 Å². The number of hydrogen-bond acceptors (Lipinski definition) is 6.